The van der Waals surface area contributed by atoms with Crippen molar-refractivity contribution in [3.63, 3.8) is 0 Å². The summed E-state index contributed by atoms with van der Waals surface area (Å²) in [7, 11) is 0. The molecule has 0 unspecified atom stereocenters. The summed E-state index contributed by atoms with van der Waals surface area (Å²) in [4.78, 5) is 15.6. The second-order valence-electron chi connectivity index (χ2n) is 19.9. The Balaban J connectivity index is 1.02. The summed E-state index contributed by atoms with van der Waals surface area (Å²) in [6.45, 7) is 18.2. The molecule has 0 radical (unpaired) electrons. The minimum Gasteiger partial charge on any atom is -0.318 e. The number of aromatic nitrogens is 1. The number of rotatable bonds is 7. The van der Waals surface area contributed by atoms with Crippen molar-refractivity contribution in [2.45, 2.75) is 77.5 Å². The van der Waals surface area contributed by atoms with Gasteiger partial charge < -0.3 is 14.4 Å². The standard InChI is InChI=1S/C60H55N5/c1-57(2)59(5,6)64(48-26-14-10-15-27-48)55(61-57)45-22-18-20-40(37-45)42-30-33-50-44(36-42)32-35-52-51-34-31-43(39-53(51)63(54(50)52)47-24-12-9-13-25-47)41-21-19-23-46(38-41)56-62-58(3,4)60(7,8)65(56)49-28-16-11-17-29-49/h9-39H,1-8H3. The normalized spacial score (nSPS) is 17.2. The molecule has 0 atom stereocenters. The van der Waals surface area contributed by atoms with Crippen LogP contribution in [-0.4, -0.2) is 38.4 Å². The predicted octanol–water partition coefficient (Wildman–Crippen LogP) is 14.9. The van der Waals surface area contributed by atoms with Crippen LogP contribution in [0.4, 0.5) is 11.4 Å². The van der Waals surface area contributed by atoms with Crippen LogP contribution in [0.1, 0.15) is 66.5 Å². The van der Waals surface area contributed by atoms with Gasteiger partial charge in [0.15, 0.2) is 0 Å². The fourth-order valence-corrected chi connectivity index (χ4v) is 10.1. The first kappa shape index (κ1) is 40.5. The SMILES string of the molecule is CC1(C)N=C(c2cccc(-c3ccc4c(ccc5c6ccc(-c7cccc(C8=NC(C)(C)C(C)(C)N8c8ccccc8)c7)cc6n(-c6ccccc6)c45)c3)c2)N(c2ccccc2)C1(C)C. The summed E-state index contributed by atoms with van der Waals surface area (Å²) in [5, 5.41) is 4.88. The minimum atomic E-state index is -0.290. The number of benzene rings is 8. The maximum absolute atomic E-state index is 5.40. The van der Waals surface area contributed by atoms with Gasteiger partial charge in [-0.3, -0.25) is 9.98 Å². The molecule has 5 heteroatoms. The van der Waals surface area contributed by atoms with E-state index in [4.69, 9.17) is 9.98 Å². The Morgan fingerprint density at radius 1 is 0.338 bits per heavy atom. The molecule has 0 fully saturated rings. The molecule has 65 heavy (non-hydrogen) atoms. The molecular formula is C60H55N5. The smallest absolute Gasteiger partial charge is 0.136 e. The largest absolute Gasteiger partial charge is 0.318 e. The highest BCUT2D eigenvalue weighted by Crippen LogP contribution is 2.45. The van der Waals surface area contributed by atoms with E-state index < -0.39 is 0 Å². The van der Waals surface area contributed by atoms with Crippen LogP contribution in [0.25, 0.3) is 60.5 Å². The van der Waals surface area contributed by atoms with Gasteiger partial charge in [0, 0.05) is 44.3 Å². The van der Waals surface area contributed by atoms with Crippen molar-refractivity contribution in [1.82, 2.24) is 4.57 Å². The zero-order valence-electron chi connectivity index (χ0n) is 38.6. The lowest BCUT2D eigenvalue weighted by Gasteiger charge is -2.41. The summed E-state index contributed by atoms with van der Waals surface area (Å²) in [6.07, 6.45) is 0. The molecular weight excluding hydrogens is 791 g/mol. The number of para-hydroxylation sites is 3. The second kappa shape index (κ2) is 14.6. The van der Waals surface area contributed by atoms with Crippen LogP contribution in [0.2, 0.25) is 0 Å². The second-order valence-corrected chi connectivity index (χ2v) is 19.9. The van der Waals surface area contributed by atoms with Crippen LogP contribution in [-0.2, 0) is 0 Å². The van der Waals surface area contributed by atoms with Crippen LogP contribution in [0, 0.1) is 0 Å². The van der Waals surface area contributed by atoms with Gasteiger partial charge in [-0.25, -0.2) is 0 Å². The molecule has 11 rings (SSSR count). The lowest BCUT2D eigenvalue weighted by molar-refractivity contribution is 0.338. The quantitative estimate of drug-likeness (QED) is 0.160. The van der Waals surface area contributed by atoms with Gasteiger partial charge in [0.05, 0.1) is 33.2 Å². The van der Waals surface area contributed by atoms with E-state index in [1.54, 1.807) is 0 Å². The van der Waals surface area contributed by atoms with E-state index in [1.165, 1.54) is 49.3 Å². The van der Waals surface area contributed by atoms with Gasteiger partial charge >= 0.3 is 0 Å². The Kier molecular flexibility index (Phi) is 9.13. The lowest BCUT2D eigenvalue weighted by Crippen LogP contribution is -2.53. The van der Waals surface area contributed by atoms with Gasteiger partial charge in [0.25, 0.3) is 0 Å². The van der Waals surface area contributed by atoms with E-state index in [0.29, 0.717) is 0 Å². The molecule has 0 amide bonds. The van der Waals surface area contributed by atoms with E-state index in [1.807, 2.05) is 0 Å². The summed E-state index contributed by atoms with van der Waals surface area (Å²) < 4.78 is 2.46. The van der Waals surface area contributed by atoms with Crippen molar-refractivity contribution < 1.29 is 0 Å². The summed E-state index contributed by atoms with van der Waals surface area (Å²) in [5.41, 5.74) is 11.7. The third kappa shape index (κ3) is 6.35. The van der Waals surface area contributed by atoms with Crippen molar-refractivity contribution >= 4 is 55.6 Å². The maximum atomic E-state index is 5.40. The van der Waals surface area contributed by atoms with E-state index in [9.17, 15) is 0 Å². The topological polar surface area (TPSA) is 36.1 Å². The van der Waals surface area contributed by atoms with Crippen molar-refractivity contribution in [1.29, 1.82) is 0 Å². The number of hydrogen-bond donors (Lipinski definition) is 0. The summed E-state index contributed by atoms with van der Waals surface area (Å²) in [5.74, 6) is 2.00. The van der Waals surface area contributed by atoms with Crippen molar-refractivity contribution in [2.75, 3.05) is 9.80 Å². The number of hydrogen-bond acceptors (Lipinski definition) is 4. The van der Waals surface area contributed by atoms with Crippen molar-refractivity contribution in [2.24, 2.45) is 9.98 Å². The number of aliphatic imine (C=N–C) groups is 2. The number of nitrogens with zero attached hydrogens (tertiary/aromatic N) is 5. The highest BCUT2D eigenvalue weighted by atomic mass is 15.3. The molecule has 0 saturated carbocycles. The molecule has 1 aromatic heterocycles. The number of fused-ring (bicyclic) bond motifs is 5. The van der Waals surface area contributed by atoms with Gasteiger partial charge in [-0.15, -0.1) is 0 Å². The molecule has 0 N–H and O–H groups in total. The molecule has 0 saturated heterocycles. The van der Waals surface area contributed by atoms with Crippen molar-refractivity contribution in [3.05, 3.63) is 199 Å². The number of anilines is 2. The predicted molar refractivity (Wildman–Crippen MR) is 276 cm³/mol. The molecule has 2 aliphatic rings. The van der Waals surface area contributed by atoms with E-state index in [-0.39, 0.29) is 22.2 Å². The van der Waals surface area contributed by atoms with Crippen LogP contribution in [0.5, 0.6) is 0 Å². The van der Waals surface area contributed by atoms with Crippen molar-refractivity contribution in [3.8, 4) is 27.9 Å². The van der Waals surface area contributed by atoms with Gasteiger partial charge in [0.2, 0.25) is 0 Å². The highest BCUT2D eigenvalue weighted by molar-refractivity contribution is 6.20. The lowest BCUT2D eigenvalue weighted by atomic mass is 9.83. The average Bonchev–Trinajstić information content (AvgIpc) is 3.83. The highest BCUT2D eigenvalue weighted by Gasteiger charge is 2.51. The average molecular weight is 846 g/mol. The summed E-state index contributed by atoms with van der Waals surface area (Å²) >= 11 is 0. The third-order valence-corrected chi connectivity index (χ3v) is 15.0. The molecule has 9 aromatic rings. The molecule has 0 aliphatic carbocycles. The molecule has 5 nitrogen and oxygen atoms in total. The molecule has 320 valence electrons. The van der Waals surface area contributed by atoms with Crippen LogP contribution < -0.4 is 9.80 Å². The van der Waals surface area contributed by atoms with E-state index in [2.05, 4.69) is 258 Å². The molecule has 3 heterocycles. The Bertz CT molecular complexity index is 3370. The fraction of sp³-hybridized carbons (Fsp3) is 0.200. The Labute approximate surface area is 383 Å². The molecule has 0 spiro atoms. The molecule has 2 aliphatic heterocycles. The maximum Gasteiger partial charge on any atom is 0.136 e. The molecule has 0 bridgehead atoms. The van der Waals surface area contributed by atoms with Gasteiger partial charge in [-0.05, 0) is 144 Å². The van der Waals surface area contributed by atoms with E-state index >= 15 is 0 Å². The van der Waals surface area contributed by atoms with E-state index in [0.717, 1.165) is 45.4 Å². The van der Waals surface area contributed by atoms with Gasteiger partial charge in [-0.2, -0.15) is 0 Å². The Morgan fingerprint density at radius 2 is 0.754 bits per heavy atom. The third-order valence-electron chi connectivity index (χ3n) is 15.0. The first-order valence-electron chi connectivity index (χ1n) is 22.9. The Morgan fingerprint density at radius 3 is 1.26 bits per heavy atom. The number of amidine groups is 2. The first-order chi connectivity index (χ1) is 31.2. The monoisotopic (exact) mass is 845 g/mol. The minimum absolute atomic E-state index is 0.222. The first-order valence-corrected chi connectivity index (χ1v) is 22.9. The van der Waals surface area contributed by atoms with Crippen LogP contribution >= 0.6 is 0 Å². The zero-order valence-corrected chi connectivity index (χ0v) is 38.6. The molecule has 8 aromatic carbocycles. The van der Waals surface area contributed by atoms with Gasteiger partial charge in [-0.1, -0.05) is 127 Å². The van der Waals surface area contributed by atoms with Crippen LogP contribution in [0.15, 0.2) is 198 Å². The Hall–Kier alpha value is -7.24. The van der Waals surface area contributed by atoms with Crippen LogP contribution in [0.3, 0.4) is 0 Å². The fourth-order valence-electron chi connectivity index (χ4n) is 10.1. The van der Waals surface area contributed by atoms with Gasteiger partial charge in [0.1, 0.15) is 11.7 Å². The summed E-state index contributed by atoms with van der Waals surface area (Å²) in [6, 6.07) is 68.5. The zero-order chi connectivity index (χ0) is 44.9.